The third-order valence-electron chi connectivity index (χ3n) is 2.94. The molecule has 1 aromatic carbocycles. The lowest BCUT2D eigenvalue weighted by Crippen LogP contribution is -2.26. The van der Waals surface area contributed by atoms with Gasteiger partial charge in [-0.3, -0.25) is 4.79 Å². The number of carbonyl (C=O) groups excluding carboxylic acids is 1. The van der Waals surface area contributed by atoms with E-state index in [-0.39, 0.29) is 5.91 Å². The summed E-state index contributed by atoms with van der Waals surface area (Å²) in [5.41, 5.74) is 1.86. The molecule has 2 rings (SSSR count). The molecule has 0 bridgehead atoms. The number of hydrogen-bond donors (Lipinski definition) is 1. The summed E-state index contributed by atoms with van der Waals surface area (Å²) in [4.78, 5) is 13.1. The van der Waals surface area contributed by atoms with Crippen molar-refractivity contribution in [3.8, 4) is 0 Å². The minimum absolute atomic E-state index is 0.0697. The molecule has 1 aliphatic rings. The van der Waals surface area contributed by atoms with Gasteiger partial charge in [0, 0.05) is 17.0 Å². The first-order chi connectivity index (χ1) is 7.70. The van der Waals surface area contributed by atoms with Crippen LogP contribution < -0.4 is 5.32 Å². The fraction of sp³-hybridized carbons (Fsp3) is 0.462. The van der Waals surface area contributed by atoms with Crippen LogP contribution >= 0.6 is 11.8 Å². The number of carbonyl (C=O) groups is 1. The summed E-state index contributed by atoms with van der Waals surface area (Å²) in [6.45, 7) is 2.82. The zero-order chi connectivity index (χ0) is 11.5. The second-order valence-corrected chi connectivity index (χ2v) is 5.21. The first kappa shape index (κ1) is 11.5. The monoisotopic (exact) mass is 235 g/mol. The van der Waals surface area contributed by atoms with Gasteiger partial charge in [-0.25, -0.2) is 0 Å². The van der Waals surface area contributed by atoms with Gasteiger partial charge >= 0.3 is 0 Å². The van der Waals surface area contributed by atoms with Gasteiger partial charge in [0.2, 0.25) is 0 Å². The zero-order valence-electron chi connectivity index (χ0n) is 9.75. The Morgan fingerprint density at radius 1 is 1.50 bits per heavy atom. The van der Waals surface area contributed by atoms with E-state index in [4.69, 9.17) is 0 Å². The molecule has 0 aromatic heterocycles. The van der Waals surface area contributed by atoms with E-state index in [2.05, 4.69) is 11.4 Å². The highest BCUT2D eigenvalue weighted by molar-refractivity contribution is 7.98. The molecule has 0 spiro atoms. The van der Waals surface area contributed by atoms with E-state index in [1.54, 1.807) is 11.8 Å². The molecule has 0 atom stereocenters. The van der Waals surface area contributed by atoms with E-state index < -0.39 is 0 Å². The van der Waals surface area contributed by atoms with E-state index in [0.29, 0.717) is 0 Å². The van der Waals surface area contributed by atoms with Gasteiger partial charge in [-0.05, 0) is 49.6 Å². The maximum Gasteiger partial charge on any atom is 0.251 e. The fourth-order valence-corrected chi connectivity index (χ4v) is 2.07. The molecule has 16 heavy (non-hydrogen) atoms. The Morgan fingerprint density at radius 2 is 2.25 bits per heavy atom. The smallest absolute Gasteiger partial charge is 0.251 e. The van der Waals surface area contributed by atoms with E-state index in [9.17, 15) is 4.79 Å². The normalized spacial score (nSPS) is 14.9. The van der Waals surface area contributed by atoms with Crippen molar-refractivity contribution in [1.29, 1.82) is 0 Å². The van der Waals surface area contributed by atoms with E-state index in [1.165, 1.54) is 12.8 Å². The van der Waals surface area contributed by atoms with E-state index >= 15 is 0 Å². The van der Waals surface area contributed by atoms with Gasteiger partial charge in [-0.15, -0.1) is 11.8 Å². The molecule has 0 radical (unpaired) electrons. The molecule has 2 nitrogen and oxygen atoms in total. The Bertz CT molecular complexity index is 399. The zero-order valence-corrected chi connectivity index (χ0v) is 10.6. The predicted octanol–water partition coefficient (Wildman–Crippen LogP) is 2.86. The fourth-order valence-electron chi connectivity index (χ4n) is 1.63. The molecule has 1 saturated carbocycles. The van der Waals surface area contributed by atoms with Gasteiger partial charge in [0.1, 0.15) is 0 Å². The van der Waals surface area contributed by atoms with Crippen LogP contribution in [0, 0.1) is 12.8 Å². The highest BCUT2D eigenvalue weighted by atomic mass is 32.2. The van der Waals surface area contributed by atoms with Gasteiger partial charge in [0.25, 0.3) is 5.91 Å². The lowest BCUT2D eigenvalue weighted by molar-refractivity contribution is 0.0951. The van der Waals surface area contributed by atoms with Crippen LogP contribution in [0.5, 0.6) is 0 Å². The van der Waals surface area contributed by atoms with Gasteiger partial charge < -0.3 is 5.32 Å². The minimum Gasteiger partial charge on any atom is -0.352 e. The number of amides is 1. The maximum absolute atomic E-state index is 11.9. The number of nitrogens with one attached hydrogen (secondary N) is 1. The standard InChI is InChI=1S/C13H17NOS/c1-9-3-6-11(16-2)7-12(9)13(15)14-8-10-4-5-10/h3,6-7,10H,4-5,8H2,1-2H3,(H,14,15). The molecule has 0 aliphatic heterocycles. The van der Waals surface area contributed by atoms with Crippen molar-refractivity contribution in [2.24, 2.45) is 5.92 Å². The molecule has 1 fully saturated rings. The van der Waals surface area contributed by atoms with E-state index in [0.717, 1.165) is 28.5 Å². The van der Waals surface area contributed by atoms with Gasteiger partial charge in [-0.2, -0.15) is 0 Å². The Kier molecular flexibility index (Phi) is 3.54. The van der Waals surface area contributed by atoms with Gasteiger partial charge in [-0.1, -0.05) is 6.07 Å². The molecule has 1 aromatic rings. The first-order valence-electron chi connectivity index (χ1n) is 5.63. The lowest BCUT2D eigenvalue weighted by Gasteiger charge is -2.08. The van der Waals surface area contributed by atoms with Crippen LogP contribution in [0.15, 0.2) is 23.1 Å². The van der Waals surface area contributed by atoms with Crippen molar-refractivity contribution in [2.75, 3.05) is 12.8 Å². The molecular formula is C13H17NOS. The predicted molar refractivity (Wildman–Crippen MR) is 68.0 cm³/mol. The van der Waals surface area contributed by atoms with Crippen LogP contribution in [0.1, 0.15) is 28.8 Å². The average Bonchev–Trinajstić information content (AvgIpc) is 3.10. The number of aryl methyl sites for hydroxylation is 1. The summed E-state index contributed by atoms with van der Waals surface area (Å²) in [5, 5.41) is 3.00. The number of thioether (sulfide) groups is 1. The second-order valence-electron chi connectivity index (χ2n) is 4.33. The Morgan fingerprint density at radius 3 is 2.88 bits per heavy atom. The maximum atomic E-state index is 11.9. The molecule has 3 heteroatoms. The summed E-state index contributed by atoms with van der Waals surface area (Å²) < 4.78 is 0. The molecule has 0 heterocycles. The highest BCUT2D eigenvalue weighted by Crippen LogP contribution is 2.27. The topological polar surface area (TPSA) is 29.1 Å². The van der Waals surface area contributed by atoms with E-state index in [1.807, 2.05) is 25.3 Å². The Balaban J connectivity index is 2.07. The van der Waals surface area contributed by atoms with Crippen LogP contribution in [-0.2, 0) is 0 Å². The highest BCUT2D eigenvalue weighted by Gasteiger charge is 2.22. The van der Waals surface area contributed by atoms with Crippen molar-refractivity contribution < 1.29 is 4.79 Å². The Hall–Kier alpha value is -0.960. The SMILES string of the molecule is CSc1ccc(C)c(C(=O)NCC2CC2)c1. The largest absolute Gasteiger partial charge is 0.352 e. The summed E-state index contributed by atoms with van der Waals surface area (Å²) in [6, 6.07) is 6.04. The molecular weight excluding hydrogens is 218 g/mol. The molecule has 1 amide bonds. The summed E-state index contributed by atoms with van der Waals surface area (Å²) in [6.07, 6.45) is 4.56. The van der Waals surface area contributed by atoms with Crippen molar-refractivity contribution in [3.05, 3.63) is 29.3 Å². The third-order valence-corrected chi connectivity index (χ3v) is 3.66. The second kappa shape index (κ2) is 4.91. The lowest BCUT2D eigenvalue weighted by atomic mass is 10.1. The summed E-state index contributed by atoms with van der Waals surface area (Å²) >= 11 is 1.67. The van der Waals surface area contributed by atoms with Crippen LogP contribution in [-0.4, -0.2) is 18.7 Å². The number of rotatable bonds is 4. The molecule has 0 unspecified atom stereocenters. The Labute approximate surface area is 101 Å². The van der Waals surface area contributed by atoms with Gasteiger partial charge in [0.15, 0.2) is 0 Å². The van der Waals surface area contributed by atoms with Crippen LogP contribution in [0.25, 0.3) is 0 Å². The molecule has 86 valence electrons. The number of hydrogen-bond acceptors (Lipinski definition) is 2. The number of benzene rings is 1. The van der Waals surface area contributed by atoms with Crippen LogP contribution in [0.4, 0.5) is 0 Å². The van der Waals surface area contributed by atoms with Crippen molar-refractivity contribution in [1.82, 2.24) is 5.32 Å². The average molecular weight is 235 g/mol. The van der Waals surface area contributed by atoms with Crippen molar-refractivity contribution in [2.45, 2.75) is 24.7 Å². The van der Waals surface area contributed by atoms with Gasteiger partial charge in [0.05, 0.1) is 0 Å². The van der Waals surface area contributed by atoms with Crippen molar-refractivity contribution >= 4 is 17.7 Å². The first-order valence-corrected chi connectivity index (χ1v) is 6.86. The quantitative estimate of drug-likeness (QED) is 0.813. The summed E-state index contributed by atoms with van der Waals surface area (Å²) in [7, 11) is 0. The third kappa shape index (κ3) is 2.79. The molecule has 1 aliphatic carbocycles. The van der Waals surface area contributed by atoms with Crippen molar-refractivity contribution in [3.63, 3.8) is 0 Å². The van der Waals surface area contributed by atoms with Crippen LogP contribution in [0.3, 0.4) is 0 Å². The molecule has 1 N–H and O–H groups in total. The minimum atomic E-state index is 0.0697. The molecule has 0 saturated heterocycles. The summed E-state index contributed by atoms with van der Waals surface area (Å²) in [5.74, 6) is 0.799. The van der Waals surface area contributed by atoms with Crippen LogP contribution in [0.2, 0.25) is 0 Å².